The Balaban J connectivity index is 2.95. The highest BCUT2D eigenvalue weighted by atomic mass is 16.1. The van der Waals surface area contributed by atoms with Crippen LogP contribution in [0.2, 0.25) is 0 Å². The molecule has 98 valence electrons. The topological polar surface area (TPSA) is 74.0 Å². The van der Waals surface area contributed by atoms with E-state index >= 15 is 0 Å². The highest BCUT2D eigenvalue weighted by Crippen LogP contribution is 2.21. The summed E-state index contributed by atoms with van der Waals surface area (Å²) in [6, 6.07) is 2.16. The normalized spacial score (nSPS) is 11.8. The number of nitrogens with zero attached hydrogens (tertiary/aromatic N) is 4. The molecule has 0 radical (unpaired) electrons. The van der Waals surface area contributed by atoms with E-state index in [-0.39, 0.29) is 11.8 Å². The molecule has 0 aliphatic rings. The SMILES string of the molecule is CNC(=O)C(C)CN(C)c1c(C#N)c(C)nn1C. The summed E-state index contributed by atoms with van der Waals surface area (Å²) >= 11 is 0. The molecule has 18 heavy (non-hydrogen) atoms. The first-order valence-electron chi connectivity index (χ1n) is 5.78. The van der Waals surface area contributed by atoms with Crippen LogP contribution in [-0.4, -0.2) is 36.3 Å². The van der Waals surface area contributed by atoms with Crippen LogP contribution >= 0.6 is 0 Å². The van der Waals surface area contributed by atoms with E-state index in [2.05, 4.69) is 16.5 Å². The van der Waals surface area contributed by atoms with Crippen molar-refractivity contribution in [1.82, 2.24) is 15.1 Å². The molecule has 1 aromatic heterocycles. The van der Waals surface area contributed by atoms with Crippen LogP contribution in [0.5, 0.6) is 0 Å². The minimum atomic E-state index is -0.151. The number of nitrogens with one attached hydrogen (secondary N) is 1. The van der Waals surface area contributed by atoms with E-state index < -0.39 is 0 Å². The van der Waals surface area contributed by atoms with Crippen molar-refractivity contribution in [2.45, 2.75) is 13.8 Å². The van der Waals surface area contributed by atoms with Crippen molar-refractivity contribution in [2.75, 3.05) is 25.5 Å². The number of nitriles is 1. The van der Waals surface area contributed by atoms with E-state index in [9.17, 15) is 4.79 Å². The molecule has 1 heterocycles. The monoisotopic (exact) mass is 249 g/mol. The summed E-state index contributed by atoms with van der Waals surface area (Å²) in [6.45, 7) is 4.19. The van der Waals surface area contributed by atoms with Crippen molar-refractivity contribution in [1.29, 1.82) is 5.26 Å². The van der Waals surface area contributed by atoms with Crippen molar-refractivity contribution in [2.24, 2.45) is 13.0 Å². The minimum absolute atomic E-state index is 0.0146. The highest BCUT2D eigenvalue weighted by molar-refractivity contribution is 5.78. The molecule has 1 atom stereocenters. The van der Waals surface area contributed by atoms with Gasteiger partial charge in [0.05, 0.1) is 11.6 Å². The van der Waals surface area contributed by atoms with Crippen LogP contribution in [0.25, 0.3) is 0 Å². The first kappa shape index (κ1) is 14.0. The molecule has 0 saturated heterocycles. The zero-order valence-electron chi connectivity index (χ0n) is 11.5. The fourth-order valence-electron chi connectivity index (χ4n) is 2.04. The lowest BCUT2D eigenvalue weighted by atomic mass is 10.1. The van der Waals surface area contributed by atoms with Gasteiger partial charge in [-0.2, -0.15) is 10.4 Å². The summed E-state index contributed by atoms with van der Waals surface area (Å²) in [7, 11) is 5.27. The predicted molar refractivity (Wildman–Crippen MR) is 69.2 cm³/mol. The number of amides is 1. The average molecular weight is 249 g/mol. The number of rotatable bonds is 4. The molecular weight excluding hydrogens is 230 g/mol. The van der Waals surface area contributed by atoms with Gasteiger partial charge in [-0.3, -0.25) is 9.48 Å². The van der Waals surface area contributed by atoms with Crippen LogP contribution in [0, 0.1) is 24.2 Å². The quantitative estimate of drug-likeness (QED) is 0.839. The van der Waals surface area contributed by atoms with Crippen molar-refractivity contribution in [3.8, 4) is 6.07 Å². The highest BCUT2D eigenvalue weighted by Gasteiger charge is 2.20. The van der Waals surface area contributed by atoms with E-state index in [1.165, 1.54) is 0 Å². The van der Waals surface area contributed by atoms with Gasteiger partial charge in [-0.25, -0.2) is 0 Å². The van der Waals surface area contributed by atoms with Crippen molar-refractivity contribution in [3.05, 3.63) is 11.3 Å². The summed E-state index contributed by atoms with van der Waals surface area (Å²) in [6.07, 6.45) is 0. The van der Waals surface area contributed by atoms with E-state index in [4.69, 9.17) is 5.26 Å². The molecule has 1 N–H and O–H groups in total. The lowest BCUT2D eigenvalue weighted by Crippen LogP contribution is -2.35. The first-order chi connectivity index (χ1) is 8.42. The van der Waals surface area contributed by atoms with Gasteiger partial charge in [-0.15, -0.1) is 0 Å². The lowest BCUT2D eigenvalue weighted by Gasteiger charge is -2.22. The molecule has 6 nitrogen and oxygen atoms in total. The van der Waals surface area contributed by atoms with Crippen molar-refractivity contribution < 1.29 is 4.79 Å². The van der Waals surface area contributed by atoms with Gasteiger partial charge in [0, 0.05) is 27.7 Å². The van der Waals surface area contributed by atoms with Gasteiger partial charge in [-0.05, 0) is 6.92 Å². The van der Waals surface area contributed by atoms with Gasteiger partial charge < -0.3 is 10.2 Å². The van der Waals surface area contributed by atoms with Gasteiger partial charge in [0.25, 0.3) is 0 Å². The zero-order chi connectivity index (χ0) is 13.9. The van der Waals surface area contributed by atoms with Crippen LogP contribution in [0.3, 0.4) is 0 Å². The van der Waals surface area contributed by atoms with E-state index in [1.807, 2.05) is 18.9 Å². The van der Waals surface area contributed by atoms with Crippen LogP contribution in [-0.2, 0) is 11.8 Å². The number of carbonyl (C=O) groups is 1. The summed E-state index contributed by atoms with van der Waals surface area (Å²) in [4.78, 5) is 13.4. The molecule has 0 aliphatic carbocycles. The standard InChI is InChI=1S/C12H19N5O/c1-8(11(18)14-3)7-16(4)12-10(6-13)9(2)15-17(12)5/h8H,7H2,1-5H3,(H,14,18). The van der Waals surface area contributed by atoms with Gasteiger partial charge in [-0.1, -0.05) is 6.92 Å². The van der Waals surface area contributed by atoms with Crippen molar-refractivity contribution in [3.63, 3.8) is 0 Å². The second-order valence-electron chi connectivity index (χ2n) is 4.42. The van der Waals surface area contributed by atoms with Crippen LogP contribution < -0.4 is 10.2 Å². The fraction of sp³-hybridized carbons (Fsp3) is 0.583. The zero-order valence-corrected chi connectivity index (χ0v) is 11.5. The summed E-state index contributed by atoms with van der Waals surface area (Å²) < 4.78 is 1.67. The number of aryl methyl sites for hydroxylation is 2. The molecular formula is C12H19N5O. The number of carbonyl (C=O) groups excluding carboxylic acids is 1. The van der Waals surface area contributed by atoms with Crippen LogP contribution in [0.15, 0.2) is 0 Å². The molecule has 1 amide bonds. The van der Waals surface area contributed by atoms with E-state index in [0.717, 1.165) is 5.82 Å². The Morgan fingerprint density at radius 3 is 2.78 bits per heavy atom. The number of aromatic nitrogens is 2. The third-order valence-electron chi connectivity index (χ3n) is 2.91. The Bertz CT molecular complexity index is 485. The number of hydrogen-bond acceptors (Lipinski definition) is 4. The van der Waals surface area contributed by atoms with Crippen LogP contribution in [0.4, 0.5) is 5.82 Å². The molecule has 0 spiro atoms. The smallest absolute Gasteiger partial charge is 0.224 e. The van der Waals surface area contributed by atoms with E-state index in [0.29, 0.717) is 17.8 Å². The third kappa shape index (κ3) is 2.62. The second kappa shape index (κ2) is 5.54. The van der Waals surface area contributed by atoms with Gasteiger partial charge in [0.1, 0.15) is 17.5 Å². The molecule has 0 saturated carbocycles. The average Bonchev–Trinajstić information content (AvgIpc) is 2.61. The minimum Gasteiger partial charge on any atom is -0.359 e. The van der Waals surface area contributed by atoms with Gasteiger partial charge >= 0.3 is 0 Å². The Morgan fingerprint density at radius 2 is 2.28 bits per heavy atom. The molecule has 1 rings (SSSR count). The van der Waals surface area contributed by atoms with Crippen molar-refractivity contribution >= 4 is 11.7 Å². The largest absolute Gasteiger partial charge is 0.359 e. The van der Waals surface area contributed by atoms with Gasteiger partial charge in [0.2, 0.25) is 5.91 Å². The molecule has 0 bridgehead atoms. The molecule has 6 heteroatoms. The molecule has 0 aromatic carbocycles. The Morgan fingerprint density at radius 1 is 1.67 bits per heavy atom. The molecule has 0 fully saturated rings. The van der Waals surface area contributed by atoms with E-state index in [1.54, 1.807) is 25.7 Å². The summed E-state index contributed by atoms with van der Waals surface area (Å²) in [5.74, 6) is 0.576. The molecule has 0 aliphatic heterocycles. The van der Waals surface area contributed by atoms with Crippen LogP contribution in [0.1, 0.15) is 18.2 Å². The second-order valence-corrected chi connectivity index (χ2v) is 4.42. The van der Waals surface area contributed by atoms with Gasteiger partial charge in [0.15, 0.2) is 0 Å². The molecule has 1 aromatic rings. The third-order valence-corrected chi connectivity index (χ3v) is 2.91. The number of hydrogen-bond donors (Lipinski definition) is 1. The number of anilines is 1. The Kier molecular flexibility index (Phi) is 4.32. The Hall–Kier alpha value is -2.03. The predicted octanol–water partition coefficient (Wildman–Crippen LogP) is 0.418. The lowest BCUT2D eigenvalue weighted by molar-refractivity contribution is -0.123. The maximum atomic E-state index is 11.5. The first-order valence-corrected chi connectivity index (χ1v) is 5.78. The molecule has 1 unspecified atom stereocenters. The summed E-state index contributed by atoms with van der Waals surface area (Å²) in [5, 5.41) is 16.0. The maximum absolute atomic E-state index is 11.5. The Labute approximate surface area is 107 Å². The summed E-state index contributed by atoms with van der Waals surface area (Å²) in [5.41, 5.74) is 1.26. The fourth-order valence-corrected chi connectivity index (χ4v) is 2.04. The maximum Gasteiger partial charge on any atom is 0.224 e.